The SMILES string of the molecule is CN=C(NCCCCC(C)C)NCc1ccc(OC)nc1.I. The van der Waals surface area contributed by atoms with Crippen LogP contribution in [0.15, 0.2) is 23.3 Å². The lowest BCUT2D eigenvalue weighted by atomic mass is 10.1. The second-order valence-electron chi connectivity index (χ2n) is 5.45. The van der Waals surface area contributed by atoms with E-state index in [1.54, 1.807) is 14.2 Å². The van der Waals surface area contributed by atoms with Crippen molar-refractivity contribution in [1.82, 2.24) is 15.6 Å². The number of hydrogen-bond acceptors (Lipinski definition) is 3. The summed E-state index contributed by atoms with van der Waals surface area (Å²) < 4.78 is 5.04. The van der Waals surface area contributed by atoms with Crippen molar-refractivity contribution in [2.24, 2.45) is 10.9 Å². The Morgan fingerprint density at radius 2 is 2.05 bits per heavy atom. The van der Waals surface area contributed by atoms with Crippen LogP contribution in [0.4, 0.5) is 0 Å². The molecule has 126 valence electrons. The van der Waals surface area contributed by atoms with Gasteiger partial charge in [0.1, 0.15) is 0 Å². The highest BCUT2D eigenvalue weighted by molar-refractivity contribution is 14.0. The molecule has 0 aliphatic carbocycles. The molecular weight excluding hydrogens is 391 g/mol. The molecule has 6 heteroatoms. The summed E-state index contributed by atoms with van der Waals surface area (Å²) >= 11 is 0. The Morgan fingerprint density at radius 1 is 1.27 bits per heavy atom. The summed E-state index contributed by atoms with van der Waals surface area (Å²) in [5.74, 6) is 2.24. The number of pyridine rings is 1. The molecule has 0 aliphatic heterocycles. The molecule has 0 saturated heterocycles. The standard InChI is InChI=1S/C16H28N4O.HI/c1-13(2)7-5-6-10-18-16(17-3)20-12-14-8-9-15(21-4)19-11-14;/h8-9,11,13H,5-7,10,12H2,1-4H3,(H2,17,18,20);1H. The van der Waals surface area contributed by atoms with Gasteiger partial charge in [0, 0.05) is 32.4 Å². The van der Waals surface area contributed by atoms with E-state index in [1.165, 1.54) is 19.3 Å². The number of halogens is 1. The number of unbranched alkanes of at least 4 members (excludes halogenated alkanes) is 1. The first-order chi connectivity index (χ1) is 10.2. The fourth-order valence-corrected chi connectivity index (χ4v) is 1.93. The normalized spacial score (nSPS) is 11.0. The Labute approximate surface area is 151 Å². The van der Waals surface area contributed by atoms with E-state index in [4.69, 9.17) is 4.74 Å². The first kappa shape index (κ1) is 20.9. The monoisotopic (exact) mass is 420 g/mol. The number of hydrogen-bond donors (Lipinski definition) is 2. The topological polar surface area (TPSA) is 58.5 Å². The summed E-state index contributed by atoms with van der Waals surface area (Å²) in [6, 6.07) is 3.86. The Kier molecular flexibility index (Phi) is 11.9. The maximum atomic E-state index is 5.04. The molecule has 0 spiro atoms. The van der Waals surface area contributed by atoms with Crippen LogP contribution in [0.3, 0.4) is 0 Å². The van der Waals surface area contributed by atoms with Crippen molar-refractivity contribution < 1.29 is 4.74 Å². The number of aliphatic imine (C=N–C) groups is 1. The van der Waals surface area contributed by atoms with E-state index in [1.807, 2.05) is 18.3 Å². The van der Waals surface area contributed by atoms with Crippen LogP contribution in [0, 0.1) is 5.92 Å². The molecule has 1 aromatic rings. The van der Waals surface area contributed by atoms with Crippen LogP contribution >= 0.6 is 24.0 Å². The fourth-order valence-electron chi connectivity index (χ4n) is 1.93. The smallest absolute Gasteiger partial charge is 0.212 e. The highest BCUT2D eigenvalue weighted by Crippen LogP contribution is 2.06. The molecule has 0 aliphatic rings. The molecule has 0 saturated carbocycles. The number of guanidine groups is 1. The van der Waals surface area contributed by atoms with Crippen LogP contribution in [0.25, 0.3) is 0 Å². The van der Waals surface area contributed by atoms with Gasteiger partial charge in [-0.25, -0.2) is 4.98 Å². The Morgan fingerprint density at radius 3 is 2.59 bits per heavy atom. The lowest BCUT2D eigenvalue weighted by molar-refractivity contribution is 0.397. The van der Waals surface area contributed by atoms with Gasteiger partial charge in [-0.05, 0) is 17.9 Å². The number of methoxy groups -OCH3 is 1. The molecule has 0 fully saturated rings. The average molecular weight is 420 g/mol. The van der Waals surface area contributed by atoms with Gasteiger partial charge in [-0.3, -0.25) is 4.99 Å². The predicted molar refractivity (Wildman–Crippen MR) is 103 cm³/mol. The maximum Gasteiger partial charge on any atom is 0.212 e. The summed E-state index contributed by atoms with van der Waals surface area (Å²) in [6.45, 7) is 6.17. The van der Waals surface area contributed by atoms with Crippen LogP contribution in [0.5, 0.6) is 5.88 Å². The number of nitrogens with zero attached hydrogens (tertiary/aromatic N) is 2. The lowest BCUT2D eigenvalue weighted by Gasteiger charge is -2.12. The number of rotatable bonds is 8. The molecule has 0 atom stereocenters. The summed E-state index contributed by atoms with van der Waals surface area (Å²) in [5.41, 5.74) is 1.10. The summed E-state index contributed by atoms with van der Waals surface area (Å²) in [7, 11) is 3.40. The molecule has 2 N–H and O–H groups in total. The first-order valence-corrected chi connectivity index (χ1v) is 7.59. The van der Waals surface area contributed by atoms with Crippen molar-refractivity contribution in [2.75, 3.05) is 20.7 Å². The van der Waals surface area contributed by atoms with Gasteiger partial charge in [0.2, 0.25) is 5.88 Å². The van der Waals surface area contributed by atoms with Gasteiger partial charge >= 0.3 is 0 Å². The molecule has 1 heterocycles. The zero-order valence-corrected chi connectivity index (χ0v) is 16.4. The van der Waals surface area contributed by atoms with Crippen molar-refractivity contribution in [1.29, 1.82) is 0 Å². The van der Waals surface area contributed by atoms with Crippen LogP contribution in [0.1, 0.15) is 38.7 Å². The number of ether oxygens (including phenoxy) is 1. The lowest BCUT2D eigenvalue weighted by Crippen LogP contribution is -2.37. The van der Waals surface area contributed by atoms with Gasteiger partial charge in [-0.15, -0.1) is 24.0 Å². The van der Waals surface area contributed by atoms with Gasteiger partial charge in [0.15, 0.2) is 5.96 Å². The average Bonchev–Trinajstić information content (AvgIpc) is 2.50. The Balaban J connectivity index is 0.00000441. The van der Waals surface area contributed by atoms with E-state index in [-0.39, 0.29) is 24.0 Å². The molecule has 5 nitrogen and oxygen atoms in total. The molecule has 1 rings (SSSR count). The minimum atomic E-state index is 0. The third kappa shape index (κ3) is 9.07. The minimum absolute atomic E-state index is 0. The van der Waals surface area contributed by atoms with Gasteiger partial charge in [0.05, 0.1) is 7.11 Å². The Bertz CT molecular complexity index is 421. The number of nitrogens with one attached hydrogen (secondary N) is 2. The van der Waals surface area contributed by atoms with Gasteiger partial charge in [-0.2, -0.15) is 0 Å². The Hall–Kier alpha value is -1.05. The summed E-state index contributed by atoms with van der Waals surface area (Å²) in [5, 5.41) is 6.61. The summed E-state index contributed by atoms with van der Waals surface area (Å²) in [6.07, 6.45) is 5.51. The quantitative estimate of drug-likeness (QED) is 0.294. The highest BCUT2D eigenvalue weighted by atomic mass is 127. The molecule has 0 aromatic carbocycles. The van der Waals surface area contributed by atoms with E-state index in [0.717, 1.165) is 24.0 Å². The van der Waals surface area contributed by atoms with Crippen molar-refractivity contribution in [3.8, 4) is 5.88 Å². The molecule has 1 aromatic heterocycles. The minimum Gasteiger partial charge on any atom is -0.481 e. The van der Waals surface area contributed by atoms with E-state index >= 15 is 0 Å². The predicted octanol–water partition coefficient (Wildman–Crippen LogP) is 3.20. The van der Waals surface area contributed by atoms with Crippen molar-refractivity contribution >= 4 is 29.9 Å². The molecule has 0 amide bonds. The zero-order valence-electron chi connectivity index (χ0n) is 14.1. The third-order valence-corrected chi connectivity index (χ3v) is 3.19. The zero-order chi connectivity index (χ0) is 15.5. The molecule has 0 radical (unpaired) electrons. The van der Waals surface area contributed by atoms with Gasteiger partial charge in [0.25, 0.3) is 0 Å². The number of aromatic nitrogens is 1. The van der Waals surface area contributed by atoms with Crippen molar-refractivity contribution in [3.05, 3.63) is 23.9 Å². The van der Waals surface area contributed by atoms with Gasteiger partial charge < -0.3 is 15.4 Å². The summed E-state index contributed by atoms with van der Waals surface area (Å²) in [4.78, 5) is 8.40. The van der Waals surface area contributed by atoms with E-state index in [0.29, 0.717) is 12.4 Å². The van der Waals surface area contributed by atoms with E-state index in [9.17, 15) is 0 Å². The second-order valence-corrected chi connectivity index (χ2v) is 5.45. The molecule has 0 unspecified atom stereocenters. The molecular formula is C16H29IN4O. The van der Waals surface area contributed by atoms with E-state index < -0.39 is 0 Å². The molecule has 22 heavy (non-hydrogen) atoms. The fraction of sp³-hybridized carbons (Fsp3) is 0.625. The van der Waals surface area contributed by atoms with E-state index in [2.05, 4.69) is 34.5 Å². The van der Waals surface area contributed by atoms with Crippen molar-refractivity contribution in [2.45, 2.75) is 39.7 Å². The third-order valence-electron chi connectivity index (χ3n) is 3.19. The van der Waals surface area contributed by atoms with Crippen LogP contribution in [-0.4, -0.2) is 31.6 Å². The second kappa shape index (κ2) is 12.5. The van der Waals surface area contributed by atoms with Gasteiger partial charge in [-0.1, -0.05) is 32.8 Å². The van der Waals surface area contributed by atoms with Crippen LogP contribution in [0.2, 0.25) is 0 Å². The highest BCUT2D eigenvalue weighted by Gasteiger charge is 2.00. The maximum absolute atomic E-state index is 5.04. The van der Waals surface area contributed by atoms with Crippen LogP contribution < -0.4 is 15.4 Å². The van der Waals surface area contributed by atoms with Crippen molar-refractivity contribution in [3.63, 3.8) is 0 Å². The first-order valence-electron chi connectivity index (χ1n) is 7.59. The van der Waals surface area contributed by atoms with Crippen LogP contribution in [-0.2, 0) is 6.54 Å². The molecule has 0 bridgehead atoms. The largest absolute Gasteiger partial charge is 0.481 e.